The first-order valence-electron chi connectivity index (χ1n) is 15.2. The van der Waals surface area contributed by atoms with Crippen LogP contribution in [0.2, 0.25) is 0 Å². The summed E-state index contributed by atoms with van der Waals surface area (Å²) in [6.07, 6.45) is 0.116. The van der Waals surface area contributed by atoms with Crippen LogP contribution in [0.1, 0.15) is 141 Å². The van der Waals surface area contributed by atoms with Crippen molar-refractivity contribution in [3.8, 4) is 11.5 Å². The fourth-order valence-electron chi connectivity index (χ4n) is 5.80. The molecular formula is C34H54Mg2O8P2. The molecule has 2 rings (SSSR count). The molecule has 46 heavy (non-hydrogen) atoms. The normalized spacial score (nSPS) is 12.9. The zero-order chi connectivity index (χ0) is 35.0. The van der Waals surface area contributed by atoms with E-state index in [9.17, 15) is 38.9 Å². The van der Waals surface area contributed by atoms with Crippen LogP contribution in [-0.2, 0) is 56.0 Å². The van der Waals surface area contributed by atoms with E-state index in [2.05, 4.69) is 0 Å². The molecule has 0 saturated heterocycles. The molecule has 0 aliphatic heterocycles. The molecule has 0 amide bonds. The van der Waals surface area contributed by atoms with Gasteiger partial charge in [-0.2, -0.15) is 0 Å². The Hall–Kier alpha value is -0.128. The third-order valence-electron chi connectivity index (χ3n) is 7.55. The number of aromatic hydroxyl groups is 2. The Labute approximate surface area is 310 Å². The second-order valence-electron chi connectivity index (χ2n) is 15.8. The van der Waals surface area contributed by atoms with E-state index in [1.165, 1.54) is 0 Å². The van der Waals surface area contributed by atoms with Gasteiger partial charge in [0.05, 0.1) is 0 Å². The second-order valence-corrected chi connectivity index (χ2v) is 18.9. The number of rotatable bonds is 6. The van der Waals surface area contributed by atoms with Gasteiger partial charge in [0.25, 0.3) is 0 Å². The van der Waals surface area contributed by atoms with Crippen LogP contribution in [0.4, 0.5) is 0 Å². The Morgan fingerprint density at radius 3 is 0.935 bits per heavy atom. The molecule has 2 aromatic carbocycles. The Balaban J connectivity index is 0. The Bertz CT molecular complexity index is 1320. The van der Waals surface area contributed by atoms with E-state index >= 15 is 0 Å². The minimum absolute atomic E-state index is 0. The van der Waals surface area contributed by atoms with Crippen molar-refractivity contribution in [1.82, 2.24) is 0 Å². The summed E-state index contributed by atoms with van der Waals surface area (Å²) in [6, 6.07) is 3.37. The van der Waals surface area contributed by atoms with Gasteiger partial charge in [-0.1, -0.05) is 124 Å². The van der Waals surface area contributed by atoms with Gasteiger partial charge in [0.15, 0.2) is 0 Å². The van der Waals surface area contributed by atoms with Gasteiger partial charge in [-0.15, -0.1) is 0 Å². The van der Waals surface area contributed by atoms with Crippen LogP contribution < -0.4 is 19.6 Å². The molecule has 0 aromatic heterocycles. The molecule has 0 atom stereocenters. The molecule has 0 spiro atoms. The van der Waals surface area contributed by atoms with Gasteiger partial charge in [0, 0.05) is 23.5 Å². The quantitative estimate of drug-likeness (QED) is 0.308. The fraction of sp³-hybridized carbons (Fsp3) is 0.647. The first-order chi connectivity index (χ1) is 19.4. The van der Waals surface area contributed by atoms with Crippen molar-refractivity contribution in [3.05, 3.63) is 56.6 Å². The average molecular weight is 701 g/mol. The van der Waals surface area contributed by atoms with Gasteiger partial charge in [0.2, 0.25) is 0 Å². The zero-order valence-corrected chi connectivity index (χ0v) is 35.3. The van der Waals surface area contributed by atoms with Crippen molar-refractivity contribution in [2.45, 2.75) is 144 Å². The number of phenolic OH excluding ortho intramolecular Hbond substituents is 2. The van der Waals surface area contributed by atoms with E-state index in [0.717, 1.165) is 22.3 Å². The summed E-state index contributed by atoms with van der Waals surface area (Å²) in [5.41, 5.74) is 4.03. The molecule has 0 radical (unpaired) electrons. The minimum atomic E-state index is -4.67. The van der Waals surface area contributed by atoms with Crippen LogP contribution >= 0.6 is 15.2 Å². The minimum Gasteiger partial charge on any atom is -0.810 e. The fourth-order valence-corrected chi connectivity index (χ4v) is 7.20. The van der Waals surface area contributed by atoms with Crippen molar-refractivity contribution in [1.29, 1.82) is 0 Å². The average Bonchev–Trinajstić information content (AvgIpc) is 2.75. The summed E-state index contributed by atoms with van der Waals surface area (Å²) in [4.78, 5) is 45.1. The molecule has 0 aliphatic carbocycles. The first-order valence-corrected chi connectivity index (χ1v) is 18.6. The smallest absolute Gasteiger partial charge is 0.810 e. The molecular weight excluding hydrogens is 647 g/mol. The number of hydrogen-bond acceptors (Lipinski definition) is 8. The van der Waals surface area contributed by atoms with Crippen molar-refractivity contribution >= 4 is 61.3 Å². The van der Waals surface area contributed by atoms with Gasteiger partial charge < -0.3 is 38.9 Å². The van der Waals surface area contributed by atoms with Crippen LogP contribution in [0.3, 0.4) is 0 Å². The van der Waals surface area contributed by atoms with Crippen molar-refractivity contribution < 1.29 is 38.9 Å². The Kier molecular flexibility index (Phi) is 17.4. The summed E-state index contributed by atoms with van der Waals surface area (Å²) in [7, 11) is -9.34. The first kappa shape index (κ1) is 48.0. The predicted molar refractivity (Wildman–Crippen MR) is 184 cm³/mol. The summed E-state index contributed by atoms with van der Waals surface area (Å²) < 4.78 is 22.6. The van der Waals surface area contributed by atoms with Crippen LogP contribution in [-0.4, -0.2) is 56.3 Å². The van der Waals surface area contributed by atoms with E-state index < -0.39 is 27.5 Å². The van der Waals surface area contributed by atoms with Crippen LogP contribution in [0.15, 0.2) is 12.1 Å². The van der Waals surface area contributed by atoms with E-state index in [4.69, 9.17) is 0 Å². The molecule has 0 unspecified atom stereocenters. The largest absolute Gasteiger partial charge is 2.00 e. The molecule has 0 fully saturated rings. The van der Waals surface area contributed by atoms with Gasteiger partial charge in [-0.25, -0.2) is 0 Å². The SMILES string of the molecule is CCc1c(CP(=O)([O-])[O-])cc(C(C)(C)C)c(O)c1C(C)(C)C.CCc1c(CP(=O)([O-])[O-])cc(C(C)(C)C)c(O)c1C(C)(C)C.[Mg+2].[Mg+2]. The maximum Gasteiger partial charge on any atom is 2.00 e. The summed E-state index contributed by atoms with van der Waals surface area (Å²) in [5, 5.41) is 21.5. The van der Waals surface area contributed by atoms with E-state index in [1.54, 1.807) is 12.1 Å². The van der Waals surface area contributed by atoms with Gasteiger partial charge in [-0.3, -0.25) is 0 Å². The molecule has 0 bridgehead atoms. The van der Waals surface area contributed by atoms with Crippen molar-refractivity contribution in [2.24, 2.45) is 0 Å². The van der Waals surface area contributed by atoms with E-state index in [0.29, 0.717) is 35.1 Å². The van der Waals surface area contributed by atoms with Crippen molar-refractivity contribution in [3.63, 3.8) is 0 Å². The molecule has 0 saturated carbocycles. The summed E-state index contributed by atoms with van der Waals surface area (Å²) >= 11 is 0. The zero-order valence-electron chi connectivity index (χ0n) is 30.6. The standard InChI is InChI=1S/2C17H29O4P.2Mg/c2*1-8-12-11(10-22(19,20)21)9-13(16(2,3)4)15(18)14(12)17(5,6)7;;/h2*9,18H,8,10H2,1-7H3,(H2,19,20,21);;/q;;2*+2/p-4. The number of benzene rings is 2. The third kappa shape index (κ3) is 13.3. The second kappa shape index (κ2) is 16.7. The molecule has 12 heteroatoms. The van der Waals surface area contributed by atoms with E-state index in [-0.39, 0.29) is 79.3 Å². The third-order valence-corrected chi connectivity index (χ3v) is 9.01. The van der Waals surface area contributed by atoms with Crippen LogP contribution in [0, 0.1) is 0 Å². The van der Waals surface area contributed by atoms with Gasteiger partial charge in [0.1, 0.15) is 11.5 Å². The van der Waals surface area contributed by atoms with E-state index in [1.807, 2.05) is 96.9 Å². The molecule has 0 aliphatic rings. The predicted octanol–water partition coefficient (Wildman–Crippen LogP) is 5.17. The molecule has 2 N–H and O–H groups in total. The molecule has 2 aromatic rings. The monoisotopic (exact) mass is 700 g/mol. The Morgan fingerprint density at radius 2 is 0.783 bits per heavy atom. The van der Waals surface area contributed by atoms with Gasteiger partial charge >= 0.3 is 46.1 Å². The van der Waals surface area contributed by atoms with Crippen LogP contribution in [0.5, 0.6) is 11.5 Å². The molecule has 252 valence electrons. The number of hydrogen-bond donors (Lipinski definition) is 2. The molecule has 0 heterocycles. The van der Waals surface area contributed by atoms with Crippen molar-refractivity contribution in [2.75, 3.05) is 0 Å². The molecule has 8 nitrogen and oxygen atoms in total. The summed E-state index contributed by atoms with van der Waals surface area (Å²) in [6.45, 7) is 27.4. The summed E-state index contributed by atoms with van der Waals surface area (Å²) in [5.74, 6) is 0.430. The van der Waals surface area contributed by atoms with Gasteiger partial charge in [-0.05, 0) is 67.9 Å². The topological polar surface area (TPSA) is 167 Å². The maximum absolute atomic E-state index is 11.3. The Morgan fingerprint density at radius 1 is 0.543 bits per heavy atom. The maximum atomic E-state index is 11.3. The van der Waals surface area contributed by atoms with Crippen LogP contribution in [0.25, 0.3) is 0 Å². The number of phenols is 2.